The fourth-order valence-corrected chi connectivity index (χ4v) is 9.00. The molecule has 7 heteroatoms. The number of fused-ring (bicyclic) bond motifs is 5. The number of hydrogen-bond donors (Lipinski definition) is 1. The highest BCUT2D eigenvalue weighted by atomic mass is 19.1. The SMILES string of the molecule is CO/N=C1\CC2C(CC[C@]3(C)C(=O)C(F)CC23)[C@@]2(C)CC/C(=N\OC3CCNC3)C(c3ccccc3)C12. The van der Waals surface area contributed by atoms with Crippen LogP contribution in [0.25, 0.3) is 0 Å². The molecule has 0 radical (unpaired) electrons. The second-order valence-corrected chi connectivity index (χ2v) is 12.5. The minimum atomic E-state index is -1.33. The van der Waals surface area contributed by atoms with E-state index in [1.54, 1.807) is 7.11 Å². The van der Waals surface area contributed by atoms with Gasteiger partial charge in [-0.1, -0.05) is 54.5 Å². The van der Waals surface area contributed by atoms with Gasteiger partial charge in [0, 0.05) is 30.2 Å². The van der Waals surface area contributed by atoms with E-state index in [0.717, 1.165) is 63.0 Å². The molecule has 5 fully saturated rings. The Morgan fingerprint density at radius 1 is 1.05 bits per heavy atom. The summed E-state index contributed by atoms with van der Waals surface area (Å²) in [5, 5.41) is 12.8. The van der Waals surface area contributed by atoms with Crippen molar-refractivity contribution in [3.63, 3.8) is 0 Å². The van der Waals surface area contributed by atoms with Gasteiger partial charge in [0.25, 0.3) is 0 Å². The van der Waals surface area contributed by atoms with Gasteiger partial charge in [-0.2, -0.15) is 0 Å². The van der Waals surface area contributed by atoms with Crippen LogP contribution >= 0.6 is 0 Å². The first kappa shape index (κ1) is 25.0. The average Bonchev–Trinajstić information content (AvgIpc) is 3.50. The second-order valence-electron chi connectivity index (χ2n) is 12.5. The molecule has 6 rings (SSSR count). The van der Waals surface area contributed by atoms with Crippen LogP contribution in [0.5, 0.6) is 0 Å². The number of carbonyl (C=O) groups is 1. The fourth-order valence-electron chi connectivity index (χ4n) is 9.00. The Morgan fingerprint density at radius 2 is 1.86 bits per heavy atom. The number of nitrogens with zero attached hydrogens (tertiary/aromatic N) is 2. The maximum absolute atomic E-state index is 14.8. The molecule has 0 aromatic heterocycles. The van der Waals surface area contributed by atoms with Crippen LogP contribution in [0.4, 0.5) is 4.39 Å². The lowest BCUT2D eigenvalue weighted by Gasteiger charge is -2.61. The number of halogens is 1. The third kappa shape index (κ3) is 3.95. The summed E-state index contributed by atoms with van der Waals surface area (Å²) in [5.74, 6) is 0.726. The van der Waals surface area contributed by atoms with Gasteiger partial charge in [-0.3, -0.25) is 4.79 Å². The Kier molecular flexibility index (Phi) is 6.41. The summed E-state index contributed by atoms with van der Waals surface area (Å²) >= 11 is 0. The van der Waals surface area contributed by atoms with Crippen molar-refractivity contribution >= 4 is 17.2 Å². The zero-order chi connectivity index (χ0) is 25.8. The van der Waals surface area contributed by atoms with Gasteiger partial charge in [-0.05, 0) is 73.8 Å². The lowest BCUT2D eigenvalue weighted by atomic mass is 9.43. The topological polar surface area (TPSA) is 72.3 Å². The van der Waals surface area contributed by atoms with Crippen molar-refractivity contribution in [1.82, 2.24) is 5.32 Å². The molecular formula is C30H40FN3O3. The first-order chi connectivity index (χ1) is 17.9. The number of alkyl halides is 1. The van der Waals surface area contributed by atoms with Crippen molar-refractivity contribution in [2.45, 2.75) is 77.0 Å². The van der Waals surface area contributed by atoms with E-state index in [2.05, 4.69) is 47.7 Å². The van der Waals surface area contributed by atoms with Crippen molar-refractivity contribution in [2.75, 3.05) is 20.2 Å². The van der Waals surface area contributed by atoms with E-state index in [1.165, 1.54) is 5.56 Å². The molecule has 1 N–H and O–H groups in total. The smallest absolute Gasteiger partial charge is 0.173 e. The maximum atomic E-state index is 14.8. The Morgan fingerprint density at radius 3 is 2.59 bits per heavy atom. The van der Waals surface area contributed by atoms with Gasteiger partial charge in [0.2, 0.25) is 0 Å². The van der Waals surface area contributed by atoms with Crippen molar-refractivity contribution in [1.29, 1.82) is 0 Å². The Hall–Kier alpha value is -2.28. The predicted molar refractivity (Wildman–Crippen MR) is 141 cm³/mol. The molecule has 1 aliphatic heterocycles. The maximum Gasteiger partial charge on any atom is 0.173 e. The molecule has 4 aliphatic carbocycles. The van der Waals surface area contributed by atoms with Crippen LogP contribution in [0.2, 0.25) is 0 Å². The lowest BCUT2D eigenvalue weighted by molar-refractivity contribution is -0.136. The van der Waals surface area contributed by atoms with Crippen LogP contribution in [-0.4, -0.2) is 49.7 Å². The van der Waals surface area contributed by atoms with Gasteiger partial charge < -0.3 is 15.0 Å². The van der Waals surface area contributed by atoms with Crippen molar-refractivity contribution in [2.24, 2.45) is 44.8 Å². The third-order valence-electron chi connectivity index (χ3n) is 10.8. The van der Waals surface area contributed by atoms with Crippen LogP contribution in [0.15, 0.2) is 40.6 Å². The summed E-state index contributed by atoms with van der Waals surface area (Å²) in [7, 11) is 1.61. The summed E-state index contributed by atoms with van der Waals surface area (Å²) in [6.45, 7) is 6.24. The van der Waals surface area contributed by atoms with E-state index < -0.39 is 11.6 Å². The normalized spacial score (nSPS) is 45.4. The molecule has 1 saturated heterocycles. The number of rotatable bonds is 4. The highest BCUT2D eigenvalue weighted by Crippen LogP contribution is 2.66. The van der Waals surface area contributed by atoms with Crippen molar-refractivity contribution in [3.8, 4) is 0 Å². The number of hydrogen-bond acceptors (Lipinski definition) is 6. The highest BCUT2D eigenvalue weighted by Gasteiger charge is 2.65. The second kappa shape index (κ2) is 9.48. The first-order valence-corrected chi connectivity index (χ1v) is 14.1. The van der Waals surface area contributed by atoms with Crippen molar-refractivity contribution < 1.29 is 18.9 Å². The Bertz CT molecular complexity index is 1090. The molecule has 4 saturated carbocycles. The van der Waals surface area contributed by atoms with Gasteiger partial charge in [0.05, 0.1) is 11.4 Å². The Labute approximate surface area is 219 Å². The van der Waals surface area contributed by atoms with E-state index >= 15 is 0 Å². The number of benzene rings is 1. The van der Waals surface area contributed by atoms with E-state index in [9.17, 15) is 9.18 Å². The summed E-state index contributed by atoms with van der Waals surface area (Å²) in [4.78, 5) is 24.4. The molecule has 0 spiro atoms. The molecule has 0 bridgehead atoms. The molecule has 200 valence electrons. The van der Waals surface area contributed by atoms with Gasteiger partial charge in [-0.15, -0.1) is 0 Å². The average molecular weight is 510 g/mol. The standard InChI is InChI=1S/C30H40FN3O3/c1-29-13-10-24(34-37-19-11-14-32-17-19)26(18-7-5-4-6-8-18)27(29)25(33-36-3)15-20-21(29)9-12-30(2)22(20)16-23(31)28(30)35/h4-8,19-23,26-27,32H,9-17H2,1-3H3/b33-25+,34-24+/t19?,20?,21?,22?,23?,26?,27?,29-,30+/m1/s1. The van der Waals surface area contributed by atoms with Crippen LogP contribution in [0.1, 0.15) is 70.3 Å². The predicted octanol–water partition coefficient (Wildman–Crippen LogP) is 5.29. The minimum Gasteiger partial charge on any atom is -0.399 e. The quantitative estimate of drug-likeness (QED) is 0.560. The number of oxime groups is 2. The molecule has 9 atom stereocenters. The van der Waals surface area contributed by atoms with Gasteiger partial charge in [0.1, 0.15) is 13.2 Å². The molecule has 1 aromatic rings. The van der Waals surface area contributed by atoms with Gasteiger partial charge in [-0.25, -0.2) is 4.39 Å². The molecule has 5 aliphatic rings. The van der Waals surface area contributed by atoms with Crippen LogP contribution < -0.4 is 5.32 Å². The largest absolute Gasteiger partial charge is 0.399 e. The zero-order valence-electron chi connectivity index (χ0n) is 22.3. The van der Waals surface area contributed by atoms with E-state index in [-0.39, 0.29) is 41.0 Å². The summed E-state index contributed by atoms with van der Waals surface area (Å²) in [5.41, 5.74) is 2.75. The number of ketones is 1. The molecule has 37 heavy (non-hydrogen) atoms. The summed E-state index contributed by atoms with van der Waals surface area (Å²) in [6, 6.07) is 10.6. The highest BCUT2D eigenvalue weighted by molar-refractivity contribution is 6.00. The molecular weight excluding hydrogens is 469 g/mol. The van der Waals surface area contributed by atoms with E-state index in [4.69, 9.17) is 14.8 Å². The van der Waals surface area contributed by atoms with Crippen LogP contribution in [0.3, 0.4) is 0 Å². The molecule has 1 aromatic carbocycles. The van der Waals surface area contributed by atoms with Crippen molar-refractivity contribution in [3.05, 3.63) is 35.9 Å². The number of carbonyl (C=O) groups excluding carboxylic acids is 1. The number of Topliss-reactive ketones (excluding diaryl/α,β-unsaturated/α-hetero) is 1. The van der Waals surface area contributed by atoms with E-state index in [1.807, 2.05) is 6.92 Å². The number of nitrogens with one attached hydrogen (secondary N) is 1. The molecule has 7 unspecified atom stereocenters. The summed E-state index contributed by atoms with van der Waals surface area (Å²) < 4.78 is 14.8. The minimum absolute atomic E-state index is 0.0481. The monoisotopic (exact) mass is 509 g/mol. The third-order valence-corrected chi connectivity index (χ3v) is 10.8. The summed E-state index contributed by atoms with van der Waals surface area (Å²) in [6.07, 6.45) is 4.46. The fraction of sp³-hybridized carbons (Fsp3) is 0.700. The van der Waals surface area contributed by atoms with Gasteiger partial charge >= 0.3 is 0 Å². The van der Waals surface area contributed by atoms with Gasteiger partial charge in [0.15, 0.2) is 12.0 Å². The molecule has 1 heterocycles. The first-order valence-electron chi connectivity index (χ1n) is 14.1. The van der Waals surface area contributed by atoms with Crippen LogP contribution in [-0.2, 0) is 14.5 Å². The van der Waals surface area contributed by atoms with Crippen LogP contribution in [0, 0.1) is 34.5 Å². The molecule has 0 amide bonds. The molecule has 6 nitrogen and oxygen atoms in total. The van der Waals surface area contributed by atoms with E-state index in [0.29, 0.717) is 12.3 Å². The Balaban J connectivity index is 1.41. The lowest BCUT2D eigenvalue weighted by Crippen LogP contribution is -2.58. The zero-order valence-corrected chi connectivity index (χ0v) is 22.3.